The first kappa shape index (κ1) is 50.4. The van der Waals surface area contributed by atoms with Crippen molar-refractivity contribution in [1.29, 1.82) is 0 Å². The van der Waals surface area contributed by atoms with Crippen LogP contribution in [0.25, 0.3) is 0 Å². The zero-order valence-corrected chi connectivity index (χ0v) is 37.2. The highest BCUT2D eigenvalue weighted by atomic mass is 31.2. The fourth-order valence-electron chi connectivity index (χ4n) is 8.59. The van der Waals surface area contributed by atoms with Crippen LogP contribution in [0.5, 0.6) is 0 Å². The minimum atomic E-state index is -0.795. The molecule has 0 saturated carbocycles. The molecule has 0 aromatic heterocycles. The van der Waals surface area contributed by atoms with Crippen molar-refractivity contribution < 1.29 is 0 Å². The van der Waals surface area contributed by atoms with E-state index in [4.69, 9.17) is 0 Å². The molecule has 0 rings (SSSR count). The second-order valence-electron chi connectivity index (χ2n) is 17.3. The van der Waals surface area contributed by atoms with E-state index in [0.717, 1.165) is 0 Å². The first-order chi connectivity index (χ1) is 24.7. The molecule has 0 unspecified atom stereocenters. The Morgan fingerprint density at radius 2 is 0.280 bits per heavy atom. The molecule has 0 heterocycles. The summed E-state index contributed by atoms with van der Waals surface area (Å²) in [6.07, 6.45) is 67.7. The van der Waals surface area contributed by atoms with Gasteiger partial charge in [0.25, 0.3) is 0 Å². The fourth-order valence-corrected chi connectivity index (χ4v) is 13.5. The van der Waals surface area contributed by atoms with E-state index >= 15 is 0 Å². The van der Waals surface area contributed by atoms with Gasteiger partial charge in [0.05, 0.1) is 24.6 Å². The zero-order chi connectivity index (χ0) is 36.3. The predicted molar refractivity (Wildman–Crippen MR) is 238 cm³/mol. The third-order valence-electron chi connectivity index (χ3n) is 12.2. The molecule has 0 atom stereocenters. The highest BCUT2D eigenvalue weighted by molar-refractivity contribution is 7.75. The van der Waals surface area contributed by atoms with Crippen molar-refractivity contribution in [3.63, 3.8) is 0 Å². The van der Waals surface area contributed by atoms with Crippen LogP contribution in [0.4, 0.5) is 0 Å². The first-order valence-corrected chi connectivity index (χ1v) is 27.1. The van der Waals surface area contributed by atoms with Gasteiger partial charge >= 0.3 is 0 Å². The molecule has 0 bridgehead atoms. The van der Waals surface area contributed by atoms with Gasteiger partial charge in [-0.05, 0) is 51.4 Å². The molecular formula is C49H102P+. The van der Waals surface area contributed by atoms with Crippen molar-refractivity contribution in [3.8, 4) is 0 Å². The largest absolute Gasteiger partial charge is 0.0654 e. The van der Waals surface area contributed by atoms with Crippen molar-refractivity contribution in [2.45, 2.75) is 291 Å². The lowest BCUT2D eigenvalue weighted by Crippen LogP contribution is -2.13. The molecule has 0 fully saturated rings. The Balaban J connectivity index is 4.87. The van der Waals surface area contributed by atoms with Gasteiger partial charge in [0.2, 0.25) is 0 Å². The summed E-state index contributed by atoms with van der Waals surface area (Å²) < 4.78 is 0. The van der Waals surface area contributed by atoms with Crippen LogP contribution < -0.4 is 0 Å². The smallest absolute Gasteiger partial charge is 0.0594 e. The molecule has 1 heteroatoms. The van der Waals surface area contributed by atoms with Crippen molar-refractivity contribution in [3.05, 3.63) is 0 Å². The van der Waals surface area contributed by atoms with Gasteiger partial charge in [0.15, 0.2) is 0 Å². The number of rotatable bonds is 45. The fraction of sp³-hybridized carbons (Fsp3) is 1.00. The molecule has 0 radical (unpaired) electrons. The maximum absolute atomic E-state index is 2.34. The SMILES string of the molecule is CCCCCCCCCCCCC[P+](CCCCCCCCCCCC)(CCCCCCCCCCCC)CCCCCCCCCCCC. The maximum atomic E-state index is 2.34. The molecule has 0 aromatic carbocycles. The molecule has 0 spiro atoms. The Hall–Kier alpha value is 0.430. The van der Waals surface area contributed by atoms with E-state index in [-0.39, 0.29) is 0 Å². The molecule has 0 aliphatic heterocycles. The summed E-state index contributed by atoms with van der Waals surface area (Å²) in [5.74, 6) is 0. The standard InChI is InChI=1S/C49H102P/c1-5-9-13-17-21-25-29-33-37-41-45-49-50(46-42-38-34-30-26-22-18-14-10-6-2,47-43-39-35-31-27-23-19-15-11-7-3)48-44-40-36-32-28-24-20-16-12-8-4/h5-49H2,1-4H3/q+1. The molecule has 50 heavy (non-hydrogen) atoms. The second-order valence-corrected chi connectivity index (χ2v) is 21.8. The van der Waals surface area contributed by atoms with Crippen molar-refractivity contribution >= 4 is 7.26 Å². The zero-order valence-electron chi connectivity index (χ0n) is 36.3. The molecule has 0 nitrogen and oxygen atoms in total. The minimum absolute atomic E-state index is 0.795. The van der Waals surface area contributed by atoms with E-state index in [1.54, 1.807) is 50.3 Å². The van der Waals surface area contributed by atoms with Crippen molar-refractivity contribution in [1.82, 2.24) is 0 Å². The predicted octanol–water partition coefficient (Wildman–Crippen LogP) is 19.1. The lowest BCUT2D eigenvalue weighted by Gasteiger charge is -2.28. The van der Waals surface area contributed by atoms with E-state index in [0.29, 0.717) is 0 Å². The topological polar surface area (TPSA) is 0 Å². The molecule has 0 saturated heterocycles. The highest BCUT2D eigenvalue weighted by Crippen LogP contribution is 2.61. The van der Waals surface area contributed by atoms with Crippen LogP contribution >= 0.6 is 7.26 Å². The quantitative estimate of drug-likeness (QED) is 0.0434. The van der Waals surface area contributed by atoms with E-state index in [1.165, 1.54) is 238 Å². The third kappa shape index (κ3) is 38.2. The molecule has 302 valence electrons. The first-order valence-electron chi connectivity index (χ1n) is 24.6. The lowest BCUT2D eigenvalue weighted by molar-refractivity contribution is 0.553. The number of unbranched alkanes of at least 4 members (excludes halogenated alkanes) is 37. The van der Waals surface area contributed by atoms with Gasteiger partial charge in [0.1, 0.15) is 0 Å². The van der Waals surface area contributed by atoms with E-state index < -0.39 is 7.26 Å². The van der Waals surface area contributed by atoms with Crippen LogP contribution in [0.1, 0.15) is 291 Å². The summed E-state index contributed by atoms with van der Waals surface area (Å²) >= 11 is 0. The summed E-state index contributed by atoms with van der Waals surface area (Å²) in [5.41, 5.74) is 0. The van der Waals surface area contributed by atoms with Gasteiger partial charge in [-0.1, -0.05) is 240 Å². The summed E-state index contributed by atoms with van der Waals surface area (Å²) in [7, 11) is -0.795. The third-order valence-corrected chi connectivity index (χ3v) is 17.3. The Morgan fingerprint density at radius 1 is 0.160 bits per heavy atom. The van der Waals surface area contributed by atoms with Crippen LogP contribution in [-0.4, -0.2) is 24.6 Å². The van der Waals surface area contributed by atoms with Gasteiger partial charge in [-0.15, -0.1) is 0 Å². The normalized spacial score (nSPS) is 12.0. The van der Waals surface area contributed by atoms with E-state index in [9.17, 15) is 0 Å². The molecule has 0 aliphatic rings. The Labute approximate surface area is 321 Å². The van der Waals surface area contributed by atoms with Gasteiger partial charge in [-0.3, -0.25) is 0 Å². The number of hydrogen-bond acceptors (Lipinski definition) is 0. The van der Waals surface area contributed by atoms with Gasteiger partial charge in [0, 0.05) is 7.26 Å². The molecule has 0 aromatic rings. The highest BCUT2D eigenvalue weighted by Gasteiger charge is 2.35. The Morgan fingerprint density at radius 3 is 0.420 bits per heavy atom. The average Bonchev–Trinajstić information content (AvgIpc) is 3.13. The summed E-state index contributed by atoms with van der Waals surface area (Å²) in [6.45, 7) is 9.36. The molecule has 0 aliphatic carbocycles. The summed E-state index contributed by atoms with van der Waals surface area (Å²) in [6, 6.07) is 0. The summed E-state index contributed by atoms with van der Waals surface area (Å²) in [5, 5.41) is 0. The van der Waals surface area contributed by atoms with E-state index in [2.05, 4.69) is 27.7 Å². The van der Waals surface area contributed by atoms with Crippen molar-refractivity contribution in [2.24, 2.45) is 0 Å². The molecule has 0 amide bonds. The van der Waals surface area contributed by atoms with Gasteiger partial charge < -0.3 is 0 Å². The molecular weight excluding hydrogens is 620 g/mol. The lowest BCUT2D eigenvalue weighted by atomic mass is 10.1. The van der Waals surface area contributed by atoms with Crippen molar-refractivity contribution in [2.75, 3.05) is 24.6 Å². The van der Waals surface area contributed by atoms with Crippen LogP contribution in [0.2, 0.25) is 0 Å². The van der Waals surface area contributed by atoms with Gasteiger partial charge in [-0.2, -0.15) is 0 Å². The number of hydrogen-bond donors (Lipinski definition) is 0. The van der Waals surface area contributed by atoms with Crippen LogP contribution in [0.3, 0.4) is 0 Å². The van der Waals surface area contributed by atoms with E-state index in [1.807, 2.05) is 0 Å². The Bertz CT molecular complexity index is 524. The molecule has 0 N–H and O–H groups in total. The average molecular weight is 722 g/mol. The minimum Gasteiger partial charge on any atom is -0.0654 e. The summed E-state index contributed by atoms with van der Waals surface area (Å²) in [4.78, 5) is 0. The van der Waals surface area contributed by atoms with Crippen LogP contribution in [-0.2, 0) is 0 Å². The van der Waals surface area contributed by atoms with Crippen LogP contribution in [0, 0.1) is 0 Å². The maximum Gasteiger partial charge on any atom is 0.0594 e. The van der Waals surface area contributed by atoms with Crippen LogP contribution in [0.15, 0.2) is 0 Å². The van der Waals surface area contributed by atoms with Gasteiger partial charge in [-0.25, -0.2) is 0 Å². The Kier molecular flexibility index (Phi) is 44.2. The second kappa shape index (κ2) is 43.8. The monoisotopic (exact) mass is 722 g/mol.